The molecule has 0 unspecified atom stereocenters. The van der Waals surface area contributed by atoms with Crippen molar-refractivity contribution in [1.29, 1.82) is 0 Å². The first-order chi connectivity index (χ1) is 13.0. The second kappa shape index (κ2) is 8.93. The first-order valence-corrected chi connectivity index (χ1v) is 9.84. The molecule has 138 valence electrons. The summed E-state index contributed by atoms with van der Waals surface area (Å²) in [5.41, 5.74) is 6.98. The van der Waals surface area contributed by atoms with Crippen LogP contribution in [0.15, 0.2) is 70.8 Å². The number of rotatable bonds is 6. The molecule has 6 heteroatoms. The number of benzene rings is 2. The van der Waals surface area contributed by atoms with Crippen LogP contribution >= 0.6 is 23.4 Å². The Balaban J connectivity index is 1.59. The van der Waals surface area contributed by atoms with Gasteiger partial charge in [0.2, 0.25) is 5.91 Å². The van der Waals surface area contributed by atoms with Gasteiger partial charge in [-0.15, -0.1) is 11.8 Å². The van der Waals surface area contributed by atoms with E-state index in [1.54, 1.807) is 18.3 Å². The van der Waals surface area contributed by atoms with E-state index in [0.717, 1.165) is 16.3 Å². The molecule has 1 aromatic heterocycles. The summed E-state index contributed by atoms with van der Waals surface area (Å²) >= 11 is 7.30. The number of nitrogens with zero attached hydrogens (tertiary/aromatic N) is 2. The maximum Gasteiger partial charge on any atom is 0.250 e. The van der Waals surface area contributed by atoms with Gasteiger partial charge in [0, 0.05) is 21.8 Å². The monoisotopic (exact) mass is 397 g/mol. The Morgan fingerprint density at radius 1 is 1.19 bits per heavy atom. The van der Waals surface area contributed by atoms with Gasteiger partial charge in [-0.25, -0.2) is 5.43 Å². The highest BCUT2D eigenvalue weighted by Gasteiger charge is 2.05. The van der Waals surface area contributed by atoms with Crippen LogP contribution in [0.2, 0.25) is 5.02 Å². The highest BCUT2D eigenvalue weighted by molar-refractivity contribution is 8.00. The average molecular weight is 398 g/mol. The number of hydrazone groups is 1. The molecule has 27 heavy (non-hydrogen) atoms. The number of hydrogen-bond donors (Lipinski definition) is 1. The normalized spacial score (nSPS) is 11.1. The van der Waals surface area contributed by atoms with Crippen molar-refractivity contribution in [2.45, 2.75) is 18.7 Å². The van der Waals surface area contributed by atoms with Gasteiger partial charge in [-0.2, -0.15) is 5.10 Å². The van der Waals surface area contributed by atoms with Crippen LogP contribution in [0.5, 0.6) is 0 Å². The molecule has 1 amide bonds. The molecule has 0 aliphatic carbocycles. The minimum atomic E-state index is -0.157. The van der Waals surface area contributed by atoms with Crippen molar-refractivity contribution in [3.63, 3.8) is 0 Å². The van der Waals surface area contributed by atoms with Crippen LogP contribution < -0.4 is 5.43 Å². The third kappa shape index (κ3) is 5.25. The number of hydrogen-bond acceptors (Lipinski definition) is 3. The van der Waals surface area contributed by atoms with Crippen molar-refractivity contribution in [3.8, 4) is 5.69 Å². The lowest BCUT2D eigenvalue weighted by Gasteiger charge is -2.10. The summed E-state index contributed by atoms with van der Waals surface area (Å²) in [6, 6.07) is 17.6. The van der Waals surface area contributed by atoms with E-state index >= 15 is 0 Å². The van der Waals surface area contributed by atoms with Crippen molar-refractivity contribution in [3.05, 3.63) is 82.6 Å². The summed E-state index contributed by atoms with van der Waals surface area (Å²) < 4.78 is 2.05. The van der Waals surface area contributed by atoms with E-state index < -0.39 is 0 Å². The summed E-state index contributed by atoms with van der Waals surface area (Å²) in [6.45, 7) is 4.16. The molecule has 1 heterocycles. The molecule has 0 aliphatic rings. The van der Waals surface area contributed by atoms with E-state index in [4.69, 9.17) is 11.6 Å². The molecule has 1 N–H and O–H groups in total. The van der Waals surface area contributed by atoms with Crippen molar-refractivity contribution < 1.29 is 4.79 Å². The van der Waals surface area contributed by atoms with Gasteiger partial charge in [0.05, 0.1) is 17.7 Å². The zero-order valence-corrected chi connectivity index (χ0v) is 16.7. The zero-order valence-electron chi connectivity index (χ0n) is 15.1. The van der Waals surface area contributed by atoms with Gasteiger partial charge in [-0.05, 0) is 61.9 Å². The quantitative estimate of drug-likeness (QED) is 0.362. The van der Waals surface area contributed by atoms with E-state index in [1.807, 2.05) is 35.0 Å². The molecule has 0 saturated carbocycles. The Labute approximate surface area is 168 Å². The molecule has 0 radical (unpaired) electrons. The highest BCUT2D eigenvalue weighted by Crippen LogP contribution is 2.20. The summed E-state index contributed by atoms with van der Waals surface area (Å²) in [6.07, 6.45) is 3.64. The molecule has 3 aromatic rings. The van der Waals surface area contributed by atoms with Gasteiger partial charge in [-0.3, -0.25) is 4.79 Å². The second-order valence-electron chi connectivity index (χ2n) is 6.13. The number of aromatic nitrogens is 1. The van der Waals surface area contributed by atoms with Gasteiger partial charge in [0.1, 0.15) is 0 Å². The number of thioether (sulfide) groups is 1. The SMILES string of the molecule is Cc1ccc(-n2cccc2/C=N\NC(=O)CSc2ccc(Cl)cc2)c(C)c1. The molecule has 0 saturated heterocycles. The van der Waals surface area contributed by atoms with Crippen molar-refractivity contribution in [2.75, 3.05) is 5.75 Å². The topological polar surface area (TPSA) is 46.4 Å². The van der Waals surface area contributed by atoms with E-state index in [2.05, 4.69) is 42.6 Å². The Morgan fingerprint density at radius 2 is 1.96 bits per heavy atom. The van der Waals surface area contributed by atoms with E-state index in [0.29, 0.717) is 5.02 Å². The van der Waals surface area contributed by atoms with Crippen molar-refractivity contribution in [2.24, 2.45) is 5.10 Å². The predicted molar refractivity (Wildman–Crippen MR) is 113 cm³/mol. The lowest BCUT2D eigenvalue weighted by molar-refractivity contribution is -0.118. The van der Waals surface area contributed by atoms with Crippen LogP contribution in [-0.4, -0.2) is 22.4 Å². The molecular weight excluding hydrogens is 378 g/mol. The van der Waals surface area contributed by atoms with E-state index in [-0.39, 0.29) is 11.7 Å². The zero-order chi connectivity index (χ0) is 19.2. The molecule has 3 rings (SSSR count). The molecule has 0 bridgehead atoms. The molecule has 2 aromatic carbocycles. The third-order valence-electron chi connectivity index (χ3n) is 3.96. The van der Waals surface area contributed by atoms with E-state index in [9.17, 15) is 4.79 Å². The number of amides is 1. The predicted octanol–water partition coefficient (Wildman–Crippen LogP) is 4.99. The minimum absolute atomic E-state index is 0.157. The molecule has 0 atom stereocenters. The van der Waals surface area contributed by atoms with E-state index in [1.165, 1.54) is 22.9 Å². The summed E-state index contributed by atoms with van der Waals surface area (Å²) in [7, 11) is 0. The largest absolute Gasteiger partial charge is 0.315 e. The minimum Gasteiger partial charge on any atom is -0.315 e. The van der Waals surface area contributed by atoms with Crippen molar-refractivity contribution in [1.82, 2.24) is 9.99 Å². The Bertz CT molecular complexity index is 964. The number of carbonyl (C=O) groups excluding carboxylic acids is 1. The Kier molecular flexibility index (Phi) is 6.37. The molecule has 0 fully saturated rings. The first-order valence-electron chi connectivity index (χ1n) is 8.48. The van der Waals surface area contributed by atoms with Crippen LogP contribution in [-0.2, 0) is 4.79 Å². The Morgan fingerprint density at radius 3 is 2.70 bits per heavy atom. The summed E-state index contributed by atoms with van der Waals surface area (Å²) in [5, 5.41) is 4.77. The average Bonchev–Trinajstić information content (AvgIpc) is 3.09. The van der Waals surface area contributed by atoms with Crippen LogP contribution in [0.25, 0.3) is 5.69 Å². The van der Waals surface area contributed by atoms with Crippen LogP contribution in [0.4, 0.5) is 0 Å². The third-order valence-corrected chi connectivity index (χ3v) is 5.23. The summed E-state index contributed by atoms with van der Waals surface area (Å²) in [5.74, 6) is 0.132. The van der Waals surface area contributed by atoms with Gasteiger partial charge in [-0.1, -0.05) is 29.3 Å². The van der Waals surface area contributed by atoms with Crippen LogP contribution in [0.3, 0.4) is 0 Å². The standard InChI is InChI=1S/C21H20ClN3OS/c1-15-5-10-20(16(2)12-15)25-11-3-4-18(25)13-23-24-21(26)14-27-19-8-6-17(22)7-9-19/h3-13H,14H2,1-2H3,(H,24,26)/b23-13-. The van der Waals surface area contributed by atoms with Crippen LogP contribution in [0, 0.1) is 13.8 Å². The molecule has 0 spiro atoms. The van der Waals surface area contributed by atoms with Gasteiger partial charge in [0.15, 0.2) is 0 Å². The lowest BCUT2D eigenvalue weighted by Crippen LogP contribution is -2.19. The van der Waals surface area contributed by atoms with Crippen molar-refractivity contribution >= 4 is 35.5 Å². The Hall–Kier alpha value is -2.50. The number of halogens is 1. The lowest BCUT2D eigenvalue weighted by atomic mass is 10.1. The smallest absolute Gasteiger partial charge is 0.250 e. The maximum atomic E-state index is 12.0. The summed E-state index contributed by atoms with van der Waals surface area (Å²) in [4.78, 5) is 13.0. The number of aryl methyl sites for hydroxylation is 2. The van der Waals surface area contributed by atoms with Gasteiger partial charge < -0.3 is 4.57 Å². The number of carbonyl (C=O) groups is 1. The fourth-order valence-corrected chi connectivity index (χ4v) is 3.49. The van der Waals surface area contributed by atoms with Gasteiger partial charge in [0.25, 0.3) is 0 Å². The maximum absolute atomic E-state index is 12.0. The second-order valence-corrected chi connectivity index (χ2v) is 7.61. The molecule has 4 nitrogen and oxygen atoms in total. The van der Waals surface area contributed by atoms with Gasteiger partial charge >= 0.3 is 0 Å². The van der Waals surface area contributed by atoms with Crippen LogP contribution in [0.1, 0.15) is 16.8 Å². The fraction of sp³-hybridized carbons (Fsp3) is 0.143. The molecule has 0 aliphatic heterocycles. The number of nitrogens with one attached hydrogen (secondary N) is 1. The fourth-order valence-electron chi connectivity index (χ4n) is 2.68. The first kappa shape index (κ1) is 19.3. The highest BCUT2D eigenvalue weighted by atomic mass is 35.5. The molecular formula is C21H20ClN3OS.